The van der Waals surface area contributed by atoms with E-state index < -0.39 is 23.3 Å². The molecule has 0 aromatic heterocycles. The lowest BCUT2D eigenvalue weighted by Crippen LogP contribution is -2.41. The minimum Gasteiger partial charge on any atom is -0.481 e. The van der Waals surface area contributed by atoms with Crippen LogP contribution in [-0.4, -0.2) is 22.2 Å². The van der Waals surface area contributed by atoms with Crippen LogP contribution in [0.4, 0.5) is 0 Å². The molecule has 0 aliphatic heterocycles. The number of carboxylic acid groups (broad SMARTS) is 2. The maximum atomic E-state index is 12.0. The predicted octanol–water partition coefficient (Wildman–Crippen LogP) is 5.05. The molecular weight excluding hydrogens is 304 g/mol. The van der Waals surface area contributed by atoms with Crippen LogP contribution in [0.1, 0.15) is 73.1 Å². The molecule has 2 N–H and O–H groups in total. The first-order valence-electron chi connectivity index (χ1n) is 9.01. The highest BCUT2D eigenvalue weighted by Crippen LogP contribution is 2.55. The van der Waals surface area contributed by atoms with Crippen molar-refractivity contribution in [1.29, 1.82) is 0 Å². The number of aliphatic carboxylic acids is 2. The number of rotatable bonds is 8. The van der Waals surface area contributed by atoms with Crippen LogP contribution in [0.25, 0.3) is 0 Å². The third-order valence-electron chi connectivity index (χ3n) is 5.29. The number of unbranched alkanes of at least 4 members (excludes halogenated alkanes) is 2. The van der Waals surface area contributed by atoms with Crippen molar-refractivity contribution in [3.63, 3.8) is 0 Å². The normalized spacial score (nSPS) is 24.3. The van der Waals surface area contributed by atoms with E-state index >= 15 is 0 Å². The second-order valence-electron chi connectivity index (χ2n) is 7.80. The van der Waals surface area contributed by atoms with Crippen molar-refractivity contribution in [2.45, 2.75) is 73.1 Å². The number of carboxylic acids is 2. The zero-order chi connectivity index (χ0) is 18.5. The summed E-state index contributed by atoms with van der Waals surface area (Å²) in [5.74, 6) is -3.23. The van der Waals surface area contributed by atoms with Crippen molar-refractivity contribution in [3.05, 3.63) is 23.3 Å². The van der Waals surface area contributed by atoms with Gasteiger partial charge in [-0.25, -0.2) is 4.79 Å². The topological polar surface area (TPSA) is 74.6 Å². The molecule has 0 bridgehead atoms. The fourth-order valence-corrected chi connectivity index (χ4v) is 3.83. The Morgan fingerprint density at radius 2 is 1.71 bits per heavy atom. The van der Waals surface area contributed by atoms with Gasteiger partial charge in [0, 0.05) is 5.41 Å². The van der Waals surface area contributed by atoms with Crippen LogP contribution in [0.2, 0.25) is 0 Å². The molecule has 0 spiro atoms. The van der Waals surface area contributed by atoms with Crippen LogP contribution in [0, 0.1) is 16.7 Å². The smallest absolute Gasteiger partial charge is 0.332 e. The summed E-state index contributed by atoms with van der Waals surface area (Å²) in [6.07, 6.45) is 8.93. The molecular formula is C20H32O4. The fourth-order valence-electron chi connectivity index (χ4n) is 3.83. The van der Waals surface area contributed by atoms with Crippen LogP contribution < -0.4 is 0 Å². The molecule has 0 aromatic rings. The van der Waals surface area contributed by atoms with Crippen molar-refractivity contribution < 1.29 is 19.8 Å². The lowest BCUT2D eigenvalue weighted by Gasteiger charge is -2.48. The average Bonchev–Trinajstić information content (AvgIpc) is 2.48. The summed E-state index contributed by atoms with van der Waals surface area (Å²) in [6.45, 7) is 10.6. The van der Waals surface area contributed by atoms with Crippen molar-refractivity contribution in [2.75, 3.05) is 0 Å². The molecule has 24 heavy (non-hydrogen) atoms. The Morgan fingerprint density at radius 1 is 1.12 bits per heavy atom. The van der Waals surface area contributed by atoms with Gasteiger partial charge in [-0.1, -0.05) is 66.0 Å². The molecule has 2 atom stereocenters. The van der Waals surface area contributed by atoms with Gasteiger partial charge < -0.3 is 10.2 Å². The monoisotopic (exact) mass is 336 g/mol. The lowest BCUT2D eigenvalue weighted by atomic mass is 9.55. The molecule has 1 rings (SSSR count). The highest BCUT2D eigenvalue weighted by molar-refractivity contribution is 5.96. The molecule has 1 aliphatic carbocycles. The van der Waals surface area contributed by atoms with Crippen LogP contribution in [0.5, 0.6) is 0 Å². The van der Waals surface area contributed by atoms with Crippen LogP contribution in [0.15, 0.2) is 23.3 Å². The van der Waals surface area contributed by atoms with Gasteiger partial charge in [-0.2, -0.15) is 0 Å². The highest BCUT2D eigenvalue weighted by Gasteiger charge is 2.48. The first kappa shape index (κ1) is 20.5. The molecule has 0 heterocycles. The summed E-state index contributed by atoms with van der Waals surface area (Å²) in [5.41, 5.74) is 0.348. The van der Waals surface area contributed by atoms with Gasteiger partial charge in [-0.15, -0.1) is 0 Å². The summed E-state index contributed by atoms with van der Waals surface area (Å²) in [5, 5.41) is 19.3. The van der Waals surface area contributed by atoms with Gasteiger partial charge in [0.1, 0.15) is 5.92 Å². The molecule has 0 radical (unpaired) electrons. The second kappa shape index (κ2) is 8.00. The van der Waals surface area contributed by atoms with Gasteiger partial charge in [-0.05, 0) is 30.3 Å². The standard InChI is InChI=1S/C20H32O4/c1-6-8-10-15-16(18(23)24)14(17(21)22)11-13-20(15,12-9-7-2)19(3,4)5/h11,13-14H,6-10,12H2,1-5H3,(H,21,22)(H,23,24). The zero-order valence-electron chi connectivity index (χ0n) is 15.7. The second-order valence-corrected chi connectivity index (χ2v) is 7.80. The summed E-state index contributed by atoms with van der Waals surface area (Å²) < 4.78 is 0. The lowest BCUT2D eigenvalue weighted by molar-refractivity contribution is -0.142. The van der Waals surface area contributed by atoms with Crippen LogP contribution >= 0.6 is 0 Å². The van der Waals surface area contributed by atoms with E-state index in [1.165, 1.54) is 0 Å². The average molecular weight is 336 g/mol. The molecule has 1 aliphatic rings. The van der Waals surface area contributed by atoms with E-state index in [0.29, 0.717) is 6.42 Å². The van der Waals surface area contributed by atoms with Gasteiger partial charge in [0.15, 0.2) is 0 Å². The Kier molecular flexibility index (Phi) is 6.82. The van der Waals surface area contributed by atoms with Crippen molar-refractivity contribution >= 4 is 11.9 Å². The SMILES string of the molecule is CCCCC1=C(C(=O)O)C(C(=O)O)C=CC1(CCCC)C(C)(C)C. The Hall–Kier alpha value is -1.58. The first-order valence-corrected chi connectivity index (χ1v) is 9.01. The summed E-state index contributed by atoms with van der Waals surface area (Å²) >= 11 is 0. The Morgan fingerprint density at radius 3 is 2.12 bits per heavy atom. The van der Waals surface area contributed by atoms with E-state index in [-0.39, 0.29) is 11.0 Å². The molecule has 136 valence electrons. The maximum Gasteiger partial charge on any atom is 0.332 e. The van der Waals surface area contributed by atoms with Crippen molar-refractivity contribution in [1.82, 2.24) is 0 Å². The number of carbonyl (C=O) groups is 2. The van der Waals surface area contributed by atoms with E-state index in [4.69, 9.17) is 0 Å². The van der Waals surface area contributed by atoms with E-state index in [9.17, 15) is 19.8 Å². The van der Waals surface area contributed by atoms with E-state index in [2.05, 4.69) is 34.6 Å². The largest absolute Gasteiger partial charge is 0.481 e. The molecule has 4 heteroatoms. The number of hydrogen-bond acceptors (Lipinski definition) is 2. The van der Waals surface area contributed by atoms with E-state index in [1.54, 1.807) is 6.08 Å². The van der Waals surface area contributed by atoms with E-state index in [0.717, 1.165) is 37.7 Å². The number of hydrogen-bond donors (Lipinski definition) is 2. The van der Waals surface area contributed by atoms with Gasteiger partial charge in [-0.3, -0.25) is 4.79 Å². The van der Waals surface area contributed by atoms with E-state index in [1.807, 2.05) is 6.08 Å². The minimum absolute atomic E-state index is 0.0875. The summed E-state index contributed by atoms with van der Waals surface area (Å²) in [6, 6.07) is 0. The quantitative estimate of drug-likeness (QED) is 0.608. The van der Waals surface area contributed by atoms with Crippen LogP contribution in [0.3, 0.4) is 0 Å². The Bertz CT molecular complexity index is 536. The fraction of sp³-hybridized carbons (Fsp3) is 0.700. The van der Waals surface area contributed by atoms with Crippen molar-refractivity contribution in [2.24, 2.45) is 16.7 Å². The molecule has 4 nitrogen and oxygen atoms in total. The molecule has 0 saturated heterocycles. The zero-order valence-corrected chi connectivity index (χ0v) is 15.7. The predicted molar refractivity (Wildman–Crippen MR) is 95.9 cm³/mol. The van der Waals surface area contributed by atoms with Gasteiger partial charge >= 0.3 is 11.9 Å². The van der Waals surface area contributed by atoms with Crippen LogP contribution in [-0.2, 0) is 9.59 Å². The maximum absolute atomic E-state index is 12.0. The number of allylic oxidation sites excluding steroid dienone is 2. The molecule has 0 saturated carbocycles. The third-order valence-corrected chi connectivity index (χ3v) is 5.29. The molecule has 0 aromatic carbocycles. The van der Waals surface area contributed by atoms with Gasteiger partial charge in [0.2, 0.25) is 0 Å². The summed E-state index contributed by atoms with van der Waals surface area (Å²) in [7, 11) is 0. The highest BCUT2D eigenvalue weighted by atomic mass is 16.4. The minimum atomic E-state index is -1.09. The first-order chi connectivity index (χ1) is 11.1. The molecule has 0 fully saturated rings. The molecule has 0 amide bonds. The third kappa shape index (κ3) is 3.90. The Labute approximate surface area is 145 Å². The molecule has 2 unspecified atom stereocenters. The Balaban J connectivity index is 3.63. The van der Waals surface area contributed by atoms with Crippen molar-refractivity contribution in [3.8, 4) is 0 Å². The summed E-state index contributed by atoms with van der Waals surface area (Å²) in [4.78, 5) is 23.6. The van der Waals surface area contributed by atoms with Gasteiger partial charge in [0.05, 0.1) is 5.57 Å². The van der Waals surface area contributed by atoms with Gasteiger partial charge in [0.25, 0.3) is 0 Å².